The van der Waals surface area contributed by atoms with Gasteiger partial charge in [-0.25, -0.2) is 4.79 Å². The summed E-state index contributed by atoms with van der Waals surface area (Å²) in [5.41, 5.74) is -0.856. The van der Waals surface area contributed by atoms with Gasteiger partial charge in [0.05, 0.1) is 4.47 Å². The summed E-state index contributed by atoms with van der Waals surface area (Å²) in [7, 11) is 0. The Morgan fingerprint density at radius 1 is 1.50 bits per heavy atom. The van der Waals surface area contributed by atoms with E-state index in [9.17, 15) is 9.59 Å². The standard InChI is InChI=1S/C8H8BrClN2O2/c9-6-5-12(4-2-1-3-10)8(14)11-7(6)13/h1-2,5H,3-4H2,(H,11,13,14)/b2-1+. The highest BCUT2D eigenvalue weighted by Crippen LogP contribution is 1.97. The number of hydrogen-bond acceptors (Lipinski definition) is 2. The molecule has 0 saturated carbocycles. The Bertz CT molecular complexity index is 449. The highest BCUT2D eigenvalue weighted by Gasteiger charge is 1.99. The van der Waals surface area contributed by atoms with E-state index in [1.54, 1.807) is 12.2 Å². The van der Waals surface area contributed by atoms with Crippen LogP contribution in [0.1, 0.15) is 0 Å². The lowest BCUT2D eigenvalue weighted by molar-refractivity contribution is 0.730. The predicted molar refractivity (Wildman–Crippen MR) is 58.9 cm³/mol. The number of aromatic nitrogens is 2. The van der Waals surface area contributed by atoms with Crippen LogP contribution in [0.25, 0.3) is 0 Å². The minimum Gasteiger partial charge on any atom is -0.296 e. The van der Waals surface area contributed by atoms with Gasteiger partial charge >= 0.3 is 5.69 Å². The molecule has 1 aromatic heterocycles. The largest absolute Gasteiger partial charge is 0.328 e. The number of halogens is 2. The quantitative estimate of drug-likeness (QED) is 0.665. The number of nitrogens with one attached hydrogen (secondary N) is 1. The van der Waals surface area contributed by atoms with E-state index in [4.69, 9.17) is 11.6 Å². The number of allylic oxidation sites excluding steroid dienone is 2. The lowest BCUT2D eigenvalue weighted by Crippen LogP contribution is -2.29. The van der Waals surface area contributed by atoms with Crippen molar-refractivity contribution < 1.29 is 0 Å². The van der Waals surface area contributed by atoms with Crippen molar-refractivity contribution in [1.82, 2.24) is 9.55 Å². The summed E-state index contributed by atoms with van der Waals surface area (Å²) >= 11 is 8.46. The molecular formula is C8H8BrClN2O2. The number of nitrogens with zero attached hydrogens (tertiary/aromatic N) is 1. The molecule has 0 saturated heterocycles. The second kappa shape index (κ2) is 5.17. The zero-order valence-corrected chi connectivity index (χ0v) is 9.51. The summed E-state index contributed by atoms with van der Waals surface area (Å²) in [5, 5.41) is 0. The number of hydrogen-bond donors (Lipinski definition) is 1. The molecule has 1 aromatic rings. The molecule has 1 N–H and O–H groups in total. The van der Waals surface area contributed by atoms with Gasteiger partial charge in [-0.1, -0.05) is 12.2 Å². The minimum atomic E-state index is -0.433. The normalized spacial score (nSPS) is 11.0. The van der Waals surface area contributed by atoms with E-state index in [1.165, 1.54) is 10.8 Å². The van der Waals surface area contributed by atoms with Crippen LogP contribution in [0.15, 0.2) is 32.4 Å². The number of alkyl halides is 1. The maximum atomic E-state index is 11.2. The molecule has 0 aliphatic carbocycles. The predicted octanol–water partition coefficient (Wildman–Crippen LogP) is 1.09. The number of rotatable bonds is 3. The van der Waals surface area contributed by atoms with Crippen molar-refractivity contribution >= 4 is 27.5 Å². The fourth-order valence-electron chi connectivity index (χ4n) is 0.869. The van der Waals surface area contributed by atoms with Crippen LogP contribution < -0.4 is 11.2 Å². The minimum absolute atomic E-state index is 0.330. The van der Waals surface area contributed by atoms with Crippen molar-refractivity contribution in [2.45, 2.75) is 6.54 Å². The molecule has 0 bridgehead atoms. The van der Waals surface area contributed by atoms with Gasteiger partial charge in [-0.3, -0.25) is 14.3 Å². The second-order valence-electron chi connectivity index (χ2n) is 2.51. The number of aromatic amines is 1. The molecule has 0 unspecified atom stereocenters. The lowest BCUT2D eigenvalue weighted by atomic mass is 10.5. The summed E-state index contributed by atoms with van der Waals surface area (Å²) in [6.07, 6.45) is 4.92. The Hall–Kier alpha value is -0.810. The first kappa shape index (κ1) is 11.3. The van der Waals surface area contributed by atoms with Crippen LogP contribution in [0.3, 0.4) is 0 Å². The van der Waals surface area contributed by atoms with Crippen molar-refractivity contribution in [3.05, 3.63) is 43.7 Å². The molecule has 0 spiro atoms. The van der Waals surface area contributed by atoms with Gasteiger partial charge in [0.2, 0.25) is 0 Å². The van der Waals surface area contributed by atoms with Crippen molar-refractivity contribution in [3.8, 4) is 0 Å². The molecule has 0 aliphatic heterocycles. The highest BCUT2D eigenvalue weighted by molar-refractivity contribution is 9.10. The van der Waals surface area contributed by atoms with Crippen LogP contribution >= 0.6 is 27.5 Å². The SMILES string of the molecule is O=c1[nH]c(=O)n(C/C=C/CCl)cc1Br. The summed E-state index contributed by atoms with van der Waals surface area (Å²) in [5.74, 6) is 0.402. The van der Waals surface area contributed by atoms with E-state index >= 15 is 0 Å². The van der Waals surface area contributed by atoms with E-state index in [2.05, 4.69) is 20.9 Å². The summed E-state index contributed by atoms with van der Waals surface area (Å²) in [6.45, 7) is 0.390. The van der Waals surface area contributed by atoms with Gasteiger partial charge in [-0.15, -0.1) is 11.6 Å². The fourth-order valence-corrected chi connectivity index (χ4v) is 1.34. The van der Waals surface area contributed by atoms with Crippen molar-refractivity contribution in [2.24, 2.45) is 0 Å². The molecule has 4 nitrogen and oxygen atoms in total. The molecular weight excluding hydrogens is 271 g/mol. The van der Waals surface area contributed by atoms with E-state index in [-0.39, 0.29) is 0 Å². The zero-order chi connectivity index (χ0) is 10.6. The topological polar surface area (TPSA) is 54.9 Å². The molecule has 0 radical (unpaired) electrons. The molecule has 0 aliphatic rings. The third-order valence-electron chi connectivity index (χ3n) is 1.53. The molecule has 0 aromatic carbocycles. The van der Waals surface area contributed by atoms with E-state index in [1.807, 2.05) is 0 Å². The lowest BCUT2D eigenvalue weighted by Gasteiger charge is -2.00. The number of H-pyrrole nitrogens is 1. The second-order valence-corrected chi connectivity index (χ2v) is 3.68. The smallest absolute Gasteiger partial charge is 0.296 e. The average molecular weight is 280 g/mol. The van der Waals surface area contributed by atoms with Gasteiger partial charge < -0.3 is 0 Å². The third kappa shape index (κ3) is 2.85. The van der Waals surface area contributed by atoms with Crippen molar-refractivity contribution in [3.63, 3.8) is 0 Å². The highest BCUT2D eigenvalue weighted by atomic mass is 79.9. The van der Waals surface area contributed by atoms with Crippen LogP contribution in [0.5, 0.6) is 0 Å². The van der Waals surface area contributed by atoms with Gasteiger partial charge in [0.1, 0.15) is 0 Å². The maximum absolute atomic E-state index is 11.2. The summed E-state index contributed by atoms with van der Waals surface area (Å²) < 4.78 is 1.70. The molecule has 14 heavy (non-hydrogen) atoms. The van der Waals surface area contributed by atoms with Crippen molar-refractivity contribution in [2.75, 3.05) is 5.88 Å². The molecule has 0 amide bonds. The molecule has 0 atom stereocenters. The van der Waals surface area contributed by atoms with Crippen LogP contribution in [-0.2, 0) is 6.54 Å². The van der Waals surface area contributed by atoms with Crippen LogP contribution in [0.4, 0.5) is 0 Å². The zero-order valence-electron chi connectivity index (χ0n) is 7.17. The molecule has 1 heterocycles. The first-order valence-corrected chi connectivity index (χ1v) is 5.18. The monoisotopic (exact) mass is 278 g/mol. The van der Waals surface area contributed by atoms with Crippen LogP contribution in [-0.4, -0.2) is 15.4 Å². The third-order valence-corrected chi connectivity index (χ3v) is 2.27. The van der Waals surface area contributed by atoms with Crippen LogP contribution in [0, 0.1) is 0 Å². The molecule has 0 fully saturated rings. The summed E-state index contributed by atoms with van der Waals surface area (Å²) in [6, 6.07) is 0. The van der Waals surface area contributed by atoms with Crippen LogP contribution in [0.2, 0.25) is 0 Å². The maximum Gasteiger partial charge on any atom is 0.328 e. The Morgan fingerprint density at radius 3 is 2.86 bits per heavy atom. The molecule has 76 valence electrons. The fraction of sp³-hybridized carbons (Fsp3) is 0.250. The van der Waals surface area contributed by atoms with Gasteiger partial charge in [-0.2, -0.15) is 0 Å². The Morgan fingerprint density at radius 2 is 2.21 bits per heavy atom. The van der Waals surface area contributed by atoms with E-state index < -0.39 is 11.2 Å². The van der Waals surface area contributed by atoms with E-state index in [0.717, 1.165) is 0 Å². The Kier molecular flexibility index (Phi) is 4.16. The first-order chi connectivity index (χ1) is 6.65. The molecule has 6 heteroatoms. The summed E-state index contributed by atoms with van der Waals surface area (Å²) in [4.78, 5) is 24.3. The van der Waals surface area contributed by atoms with Gasteiger partial charge in [0, 0.05) is 18.6 Å². The Balaban J connectivity index is 2.99. The van der Waals surface area contributed by atoms with Gasteiger partial charge in [0.25, 0.3) is 5.56 Å². The molecule has 1 rings (SSSR count). The Labute approximate surface area is 93.3 Å². The van der Waals surface area contributed by atoms with Gasteiger partial charge in [0.15, 0.2) is 0 Å². The van der Waals surface area contributed by atoms with Crippen molar-refractivity contribution in [1.29, 1.82) is 0 Å². The first-order valence-electron chi connectivity index (χ1n) is 3.85. The van der Waals surface area contributed by atoms with E-state index in [0.29, 0.717) is 16.9 Å². The average Bonchev–Trinajstić information content (AvgIpc) is 2.14. The van der Waals surface area contributed by atoms with Gasteiger partial charge in [-0.05, 0) is 15.9 Å².